The van der Waals surface area contributed by atoms with Gasteiger partial charge in [0.25, 0.3) is 5.22 Å². The summed E-state index contributed by atoms with van der Waals surface area (Å²) in [5, 5.41) is 8.94. The van der Waals surface area contributed by atoms with Crippen LogP contribution >= 0.6 is 23.4 Å². The number of benzene rings is 2. The highest BCUT2D eigenvalue weighted by atomic mass is 35.5. The maximum atomic E-state index is 12.4. The fraction of sp³-hybridized carbons (Fsp3) is 0.176. The standard InChI is InChI=1S/C17H13ClF2N2O3S/c1-23-14-7-10(5-6-13(14)24-16(19)20)9-26-17-22-21-15(25-17)11-3-2-4-12(18)8-11/h2-8,16H,9H2,1H3. The molecule has 136 valence electrons. The van der Waals surface area contributed by atoms with Gasteiger partial charge in [-0.3, -0.25) is 0 Å². The number of hydrogen-bond donors (Lipinski definition) is 0. The fourth-order valence-corrected chi connectivity index (χ4v) is 3.04. The van der Waals surface area contributed by atoms with E-state index in [1.54, 1.807) is 30.3 Å². The third kappa shape index (κ3) is 4.64. The third-order valence-electron chi connectivity index (χ3n) is 3.28. The molecule has 26 heavy (non-hydrogen) atoms. The van der Waals surface area contributed by atoms with E-state index >= 15 is 0 Å². The number of halogens is 3. The molecule has 3 aromatic rings. The zero-order chi connectivity index (χ0) is 18.5. The lowest BCUT2D eigenvalue weighted by Crippen LogP contribution is -2.03. The Morgan fingerprint density at radius 2 is 2.00 bits per heavy atom. The summed E-state index contributed by atoms with van der Waals surface area (Å²) in [6, 6.07) is 11.8. The maximum absolute atomic E-state index is 12.4. The molecule has 0 aliphatic heterocycles. The number of ether oxygens (including phenoxy) is 2. The number of thioether (sulfide) groups is 1. The van der Waals surface area contributed by atoms with Crippen LogP contribution in [0.3, 0.4) is 0 Å². The monoisotopic (exact) mass is 398 g/mol. The van der Waals surface area contributed by atoms with Crippen molar-refractivity contribution in [2.45, 2.75) is 17.6 Å². The molecule has 3 rings (SSSR count). The molecule has 0 radical (unpaired) electrons. The molecular formula is C17H13ClF2N2O3S. The Morgan fingerprint density at radius 3 is 2.73 bits per heavy atom. The molecule has 1 aromatic heterocycles. The Hall–Kier alpha value is -2.32. The zero-order valence-corrected chi connectivity index (χ0v) is 15.1. The van der Waals surface area contributed by atoms with Crippen LogP contribution in [0.25, 0.3) is 11.5 Å². The first kappa shape index (κ1) is 18.5. The normalized spacial score (nSPS) is 11.0. The van der Waals surface area contributed by atoms with Crippen LogP contribution in [-0.2, 0) is 5.75 Å². The van der Waals surface area contributed by atoms with Gasteiger partial charge in [-0.2, -0.15) is 8.78 Å². The van der Waals surface area contributed by atoms with Crippen molar-refractivity contribution in [1.82, 2.24) is 10.2 Å². The summed E-state index contributed by atoms with van der Waals surface area (Å²) in [6.45, 7) is -2.91. The number of hydrogen-bond acceptors (Lipinski definition) is 6. The minimum Gasteiger partial charge on any atom is -0.493 e. The molecule has 0 saturated heterocycles. The highest BCUT2D eigenvalue weighted by Crippen LogP contribution is 2.32. The molecule has 0 aliphatic rings. The van der Waals surface area contributed by atoms with E-state index in [1.807, 2.05) is 6.07 Å². The topological polar surface area (TPSA) is 57.4 Å². The van der Waals surface area contributed by atoms with Crippen LogP contribution in [0.2, 0.25) is 5.02 Å². The van der Waals surface area contributed by atoms with Crippen molar-refractivity contribution >= 4 is 23.4 Å². The molecule has 0 saturated carbocycles. The van der Waals surface area contributed by atoms with E-state index in [2.05, 4.69) is 14.9 Å². The highest BCUT2D eigenvalue weighted by molar-refractivity contribution is 7.98. The summed E-state index contributed by atoms with van der Waals surface area (Å²) in [4.78, 5) is 0. The lowest BCUT2D eigenvalue weighted by molar-refractivity contribution is -0.0512. The van der Waals surface area contributed by atoms with E-state index in [0.717, 1.165) is 11.1 Å². The van der Waals surface area contributed by atoms with Gasteiger partial charge in [0.05, 0.1) is 7.11 Å². The van der Waals surface area contributed by atoms with Crippen LogP contribution in [-0.4, -0.2) is 23.9 Å². The SMILES string of the molecule is COc1cc(CSc2nnc(-c3cccc(Cl)c3)o2)ccc1OC(F)F. The Labute approximate surface area is 157 Å². The summed E-state index contributed by atoms with van der Waals surface area (Å²) in [7, 11) is 1.39. The first-order valence-corrected chi connectivity index (χ1v) is 8.75. The Morgan fingerprint density at radius 1 is 1.15 bits per heavy atom. The largest absolute Gasteiger partial charge is 0.493 e. The summed E-state index contributed by atoms with van der Waals surface area (Å²) in [6.07, 6.45) is 0. The molecule has 0 unspecified atom stereocenters. The second-order valence-electron chi connectivity index (χ2n) is 5.04. The summed E-state index contributed by atoms with van der Waals surface area (Å²) in [5.41, 5.74) is 1.56. The van der Waals surface area contributed by atoms with Crippen molar-refractivity contribution in [2.24, 2.45) is 0 Å². The maximum Gasteiger partial charge on any atom is 0.387 e. The van der Waals surface area contributed by atoms with Gasteiger partial charge in [0.15, 0.2) is 11.5 Å². The van der Waals surface area contributed by atoms with Gasteiger partial charge in [0.2, 0.25) is 5.89 Å². The molecule has 0 bridgehead atoms. The molecule has 0 spiro atoms. The van der Waals surface area contributed by atoms with Crippen LogP contribution in [0.5, 0.6) is 11.5 Å². The van der Waals surface area contributed by atoms with E-state index in [0.29, 0.717) is 21.9 Å². The number of rotatable bonds is 7. The lowest BCUT2D eigenvalue weighted by atomic mass is 10.2. The second kappa shape index (κ2) is 8.37. The molecule has 0 N–H and O–H groups in total. The third-order valence-corrected chi connectivity index (χ3v) is 4.41. The predicted molar refractivity (Wildman–Crippen MR) is 93.9 cm³/mol. The molecule has 1 heterocycles. The average molecular weight is 399 g/mol. The van der Waals surface area contributed by atoms with E-state index in [4.69, 9.17) is 20.8 Å². The number of methoxy groups -OCH3 is 1. The van der Waals surface area contributed by atoms with Crippen molar-refractivity contribution in [3.8, 4) is 23.0 Å². The van der Waals surface area contributed by atoms with E-state index in [9.17, 15) is 8.78 Å². The predicted octanol–water partition coefficient (Wildman–Crippen LogP) is 5.29. The summed E-state index contributed by atoms with van der Waals surface area (Å²) >= 11 is 7.27. The quantitative estimate of drug-likeness (QED) is 0.504. The van der Waals surface area contributed by atoms with E-state index in [1.165, 1.54) is 24.9 Å². The van der Waals surface area contributed by atoms with Crippen molar-refractivity contribution in [3.63, 3.8) is 0 Å². The second-order valence-corrected chi connectivity index (χ2v) is 6.40. The molecule has 0 aliphatic carbocycles. The van der Waals surface area contributed by atoms with Crippen LogP contribution in [0, 0.1) is 0 Å². The zero-order valence-electron chi connectivity index (χ0n) is 13.5. The Balaban J connectivity index is 1.68. The molecule has 2 aromatic carbocycles. The van der Waals surface area contributed by atoms with Crippen LogP contribution in [0.1, 0.15) is 5.56 Å². The summed E-state index contributed by atoms with van der Waals surface area (Å²) < 4.78 is 39.8. The minimum absolute atomic E-state index is 0.0164. The average Bonchev–Trinajstić information content (AvgIpc) is 3.09. The van der Waals surface area contributed by atoms with Crippen molar-refractivity contribution < 1.29 is 22.7 Å². The van der Waals surface area contributed by atoms with Crippen LogP contribution in [0.15, 0.2) is 52.1 Å². The van der Waals surface area contributed by atoms with Crippen LogP contribution < -0.4 is 9.47 Å². The number of alkyl halides is 2. The lowest BCUT2D eigenvalue weighted by Gasteiger charge is -2.10. The van der Waals surface area contributed by atoms with Gasteiger partial charge in [-0.15, -0.1) is 10.2 Å². The molecule has 9 heteroatoms. The van der Waals surface area contributed by atoms with Crippen molar-refractivity contribution in [1.29, 1.82) is 0 Å². The van der Waals surface area contributed by atoms with Gasteiger partial charge in [-0.1, -0.05) is 35.5 Å². The summed E-state index contributed by atoms with van der Waals surface area (Å²) in [5.74, 6) is 1.07. The highest BCUT2D eigenvalue weighted by Gasteiger charge is 2.13. The van der Waals surface area contributed by atoms with Gasteiger partial charge in [-0.25, -0.2) is 0 Å². The minimum atomic E-state index is -2.91. The first-order valence-electron chi connectivity index (χ1n) is 7.39. The van der Waals surface area contributed by atoms with E-state index in [-0.39, 0.29) is 11.5 Å². The molecular weight excluding hydrogens is 386 g/mol. The molecule has 0 amide bonds. The van der Waals surface area contributed by atoms with Gasteiger partial charge < -0.3 is 13.9 Å². The smallest absolute Gasteiger partial charge is 0.387 e. The Bertz CT molecular complexity index is 892. The van der Waals surface area contributed by atoms with Gasteiger partial charge in [-0.05, 0) is 35.9 Å². The number of nitrogens with zero attached hydrogens (tertiary/aromatic N) is 2. The van der Waals surface area contributed by atoms with Gasteiger partial charge >= 0.3 is 6.61 Å². The first-order chi connectivity index (χ1) is 12.5. The number of aromatic nitrogens is 2. The molecule has 0 fully saturated rings. The van der Waals surface area contributed by atoms with E-state index < -0.39 is 6.61 Å². The Kier molecular flexibility index (Phi) is 5.95. The molecule has 0 atom stereocenters. The van der Waals surface area contributed by atoms with Crippen LogP contribution in [0.4, 0.5) is 8.78 Å². The van der Waals surface area contributed by atoms with Crippen molar-refractivity contribution in [3.05, 3.63) is 53.1 Å². The molecule has 5 nitrogen and oxygen atoms in total. The van der Waals surface area contributed by atoms with Crippen molar-refractivity contribution in [2.75, 3.05) is 7.11 Å². The fourth-order valence-electron chi connectivity index (χ4n) is 2.15. The van der Waals surface area contributed by atoms with Gasteiger partial charge in [0.1, 0.15) is 0 Å². The van der Waals surface area contributed by atoms with Gasteiger partial charge in [0, 0.05) is 16.3 Å².